The number of pyridine rings is 1. The van der Waals surface area contributed by atoms with Crippen LogP contribution in [-0.2, 0) is 0 Å². The summed E-state index contributed by atoms with van der Waals surface area (Å²) >= 11 is 1.45. The van der Waals surface area contributed by atoms with Gasteiger partial charge >= 0.3 is 0 Å². The van der Waals surface area contributed by atoms with Crippen LogP contribution in [0.25, 0.3) is 11.3 Å². The lowest BCUT2D eigenvalue weighted by atomic mass is 10.2. The molecular formula is C9H8N2S. The maximum absolute atomic E-state index is 4.25. The fourth-order valence-electron chi connectivity index (χ4n) is 1.03. The van der Waals surface area contributed by atoms with Gasteiger partial charge in [-0.1, -0.05) is 0 Å². The minimum Gasteiger partial charge on any atom is -0.256 e. The Morgan fingerprint density at radius 2 is 2.33 bits per heavy atom. The van der Waals surface area contributed by atoms with E-state index in [4.69, 9.17) is 0 Å². The van der Waals surface area contributed by atoms with Gasteiger partial charge in [-0.05, 0) is 36.2 Å². The Balaban J connectivity index is 2.48. The molecule has 2 heterocycles. The molecule has 2 aromatic rings. The van der Waals surface area contributed by atoms with Crippen molar-refractivity contribution < 1.29 is 0 Å². The lowest BCUT2D eigenvalue weighted by molar-refractivity contribution is 1.29. The van der Waals surface area contributed by atoms with Crippen molar-refractivity contribution in [2.75, 3.05) is 0 Å². The van der Waals surface area contributed by atoms with Crippen molar-refractivity contribution in [2.45, 2.75) is 6.92 Å². The van der Waals surface area contributed by atoms with Crippen LogP contribution in [0, 0.1) is 6.92 Å². The van der Waals surface area contributed by atoms with Crippen LogP contribution in [0.2, 0.25) is 0 Å². The van der Waals surface area contributed by atoms with Crippen molar-refractivity contribution in [1.82, 2.24) is 9.36 Å². The summed E-state index contributed by atoms with van der Waals surface area (Å²) in [5.41, 5.74) is 3.33. The zero-order valence-electron chi connectivity index (χ0n) is 6.69. The number of hydrogen-bond acceptors (Lipinski definition) is 3. The molecule has 2 nitrogen and oxygen atoms in total. The normalized spacial score (nSPS) is 10.1. The average Bonchev–Trinajstić information content (AvgIpc) is 2.56. The highest BCUT2D eigenvalue weighted by Gasteiger charge is 1.98. The van der Waals surface area contributed by atoms with Crippen LogP contribution < -0.4 is 0 Å². The summed E-state index contributed by atoms with van der Waals surface area (Å²) in [4.78, 5) is 4.25. The molecule has 0 radical (unpaired) electrons. The Kier molecular flexibility index (Phi) is 1.87. The molecule has 0 saturated heterocycles. The SMILES string of the molecule is Cc1ccnc(-c2cnsc2)c1. The van der Waals surface area contributed by atoms with Crippen LogP contribution >= 0.6 is 11.5 Å². The zero-order valence-corrected chi connectivity index (χ0v) is 7.51. The van der Waals surface area contributed by atoms with Crippen LogP contribution in [0.1, 0.15) is 5.56 Å². The molecule has 60 valence electrons. The van der Waals surface area contributed by atoms with Gasteiger partial charge in [0.2, 0.25) is 0 Å². The van der Waals surface area contributed by atoms with Gasteiger partial charge in [0, 0.05) is 17.1 Å². The van der Waals surface area contributed by atoms with Gasteiger partial charge in [0.15, 0.2) is 0 Å². The molecular weight excluding hydrogens is 168 g/mol. The number of rotatable bonds is 1. The van der Waals surface area contributed by atoms with E-state index in [1.54, 1.807) is 0 Å². The number of hydrogen-bond donors (Lipinski definition) is 0. The third-order valence-corrected chi connectivity index (χ3v) is 2.23. The predicted octanol–water partition coefficient (Wildman–Crippen LogP) is 2.51. The molecule has 12 heavy (non-hydrogen) atoms. The predicted molar refractivity (Wildman–Crippen MR) is 50.1 cm³/mol. The lowest BCUT2D eigenvalue weighted by Crippen LogP contribution is -1.81. The first-order valence-corrected chi connectivity index (χ1v) is 4.52. The molecule has 0 aromatic carbocycles. The van der Waals surface area contributed by atoms with Crippen molar-refractivity contribution in [3.63, 3.8) is 0 Å². The van der Waals surface area contributed by atoms with Crippen molar-refractivity contribution >= 4 is 11.5 Å². The highest BCUT2D eigenvalue weighted by atomic mass is 32.1. The fourth-order valence-corrected chi connectivity index (χ4v) is 1.56. The van der Waals surface area contributed by atoms with Gasteiger partial charge in [-0.3, -0.25) is 4.98 Å². The minimum absolute atomic E-state index is 1.00. The Morgan fingerprint density at radius 3 is 3.00 bits per heavy atom. The molecule has 0 aliphatic heterocycles. The second kappa shape index (κ2) is 3.03. The Bertz CT molecular complexity index is 368. The van der Waals surface area contributed by atoms with Crippen LogP contribution in [-0.4, -0.2) is 9.36 Å². The molecule has 0 aliphatic rings. The van der Waals surface area contributed by atoms with Gasteiger partial charge in [0.05, 0.1) is 11.9 Å². The molecule has 0 unspecified atom stereocenters. The molecule has 0 atom stereocenters. The van der Waals surface area contributed by atoms with E-state index in [2.05, 4.69) is 22.3 Å². The first-order valence-electron chi connectivity index (χ1n) is 3.68. The van der Waals surface area contributed by atoms with Gasteiger partial charge in [0.1, 0.15) is 0 Å². The van der Waals surface area contributed by atoms with Gasteiger partial charge in [-0.2, -0.15) is 0 Å². The molecule has 2 aromatic heterocycles. The first kappa shape index (κ1) is 7.43. The molecule has 0 N–H and O–H groups in total. The highest BCUT2D eigenvalue weighted by Crippen LogP contribution is 2.17. The monoisotopic (exact) mass is 176 g/mol. The summed E-state index contributed by atoms with van der Waals surface area (Å²) in [6.07, 6.45) is 3.66. The number of aromatic nitrogens is 2. The van der Waals surface area contributed by atoms with E-state index in [0.29, 0.717) is 0 Å². The third-order valence-electron chi connectivity index (χ3n) is 1.64. The summed E-state index contributed by atoms with van der Waals surface area (Å²) in [6, 6.07) is 4.05. The van der Waals surface area contributed by atoms with Crippen molar-refractivity contribution in [3.05, 3.63) is 35.5 Å². The Morgan fingerprint density at radius 1 is 1.42 bits per heavy atom. The molecule has 2 rings (SSSR count). The van der Waals surface area contributed by atoms with Crippen molar-refractivity contribution in [2.24, 2.45) is 0 Å². The van der Waals surface area contributed by atoms with Crippen molar-refractivity contribution in [1.29, 1.82) is 0 Å². The molecule has 0 aliphatic carbocycles. The lowest BCUT2D eigenvalue weighted by Gasteiger charge is -1.96. The highest BCUT2D eigenvalue weighted by molar-refractivity contribution is 7.03. The molecule has 3 heteroatoms. The summed E-state index contributed by atoms with van der Waals surface area (Å²) in [6.45, 7) is 2.06. The van der Waals surface area contributed by atoms with Crippen LogP contribution in [0.4, 0.5) is 0 Å². The van der Waals surface area contributed by atoms with Gasteiger partial charge in [0.25, 0.3) is 0 Å². The second-order valence-electron chi connectivity index (χ2n) is 2.63. The van der Waals surface area contributed by atoms with Crippen molar-refractivity contribution in [3.8, 4) is 11.3 Å². The summed E-state index contributed by atoms with van der Waals surface area (Å²) in [7, 11) is 0. The largest absolute Gasteiger partial charge is 0.256 e. The zero-order chi connectivity index (χ0) is 8.39. The Hall–Kier alpha value is -1.22. The van der Waals surface area contributed by atoms with E-state index in [-0.39, 0.29) is 0 Å². The number of aryl methyl sites for hydroxylation is 1. The Labute approximate surface area is 75.1 Å². The topological polar surface area (TPSA) is 25.8 Å². The summed E-state index contributed by atoms with van der Waals surface area (Å²) < 4.78 is 4.03. The van der Waals surface area contributed by atoms with E-state index in [0.717, 1.165) is 11.3 Å². The third kappa shape index (κ3) is 1.36. The molecule has 0 fully saturated rings. The molecule has 0 bridgehead atoms. The van der Waals surface area contributed by atoms with Gasteiger partial charge < -0.3 is 0 Å². The fraction of sp³-hybridized carbons (Fsp3) is 0.111. The van der Waals surface area contributed by atoms with E-state index in [1.165, 1.54) is 17.1 Å². The number of nitrogens with zero attached hydrogens (tertiary/aromatic N) is 2. The molecule has 0 spiro atoms. The van der Waals surface area contributed by atoms with E-state index in [9.17, 15) is 0 Å². The van der Waals surface area contributed by atoms with Gasteiger partial charge in [-0.25, -0.2) is 4.37 Å². The quantitative estimate of drug-likeness (QED) is 0.667. The average molecular weight is 176 g/mol. The summed E-state index contributed by atoms with van der Waals surface area (Å²) in [5, 5.41) is 2.00. The van der Waals surface area contributed by atoms with E-state index >= 15 is 0 Å². The smallest absolute Gasteiger partial charge is 0.0729 e. The first-order chi connectivity index (χ1) is 5.86. The maximum atomic E-state index is 4.25. The maximum Gasteiger partial charge on any atom is 0.0729 e. The van der Waals surface area contributed by atoms with E-state index < -0.39 is 0 Å². The van der Waals surface area contributed by atoms with E-state index in [1.807, 2.05) is 23.8 Å². The second-order valence-corrected chi connectivity index (χ2v) is 3.29. The van der Waals surface area contributed by atoms with Crippen LogP contribution in [0.5, 0.6) is 0 Å². The van der Waals surface area contributed by atoms with Gasteiger partial charge in [-0.15, -0.1) is 0 Å². The minimum atomic E-state index is 1.00. The standard InChI is InChI=1S/C9H8N2S/c1-7-2-3-10-9(4-7)8-5-11-12-6-8/h2-6H,1H3. The van der Waals surface area contributed by atoms with Crippen LogP contribution in [0.15, 0.2) is 29.9 Å². The molecule has 0 saturated carbocycles. The van der Waals surface area contributed by atoms with Crippen LogP contribution in [0.3, 0.4) is 0 Å². The molecule has 0 amide bonds. The summed E-state index contributed by atoms with van der Waals surface area (Å²) in [5.74, 6) is 0.